The zero-order chi connectivity index (χ0) is 12.0. The van der Waals surface area contributed by atoms with Gasteiger partial charge in [-0.1, -0.05) is 12.8 Å². The summed E-state index contributed by atoms with van der Waals surface area (Å²) in [4.78, 5) is 15.1. The van der Waals surface area contributed by atoms with Crippen LogP contribution in [0.4, 0.5) is 5.82 Å². The molecule has 2 N–H and O–H groups in total. The third-order valence-corrected chi connectivity index (χ3v) is 2.02. The summed E-state index contributed by atoms with van der Waals surface area (Å²) in [7, 11) is 0. The summed E-state index contributed by atoms with van der Waals surface area (Å²) < 4.78 is 0. The minimum atomic E-state index is -0.943. The summed E-state index contributed by atoms with van der Waals surface area (Å²) in [6, 6.07) is 3.10. The molecule has 16 heavy (non-hydrogen) atoms. The van der Waals surface area contributed by atoms with E-state index in [1.54, 1.807) is 13.0 Å². The largest absolute Gasteiger partial charge is 0.478 e. The molecule has 1 heterocycles. The molecule has 1 aromatic heterocycles. The van der Waals surface area contributed by atoms with Gasteiger partial charge >= 0.3 is 5.97 Å². The zero-order valence-corrected chi connectivity index (χ0v) is 9.37. The first kappa shape index (κ1) is 12.1. The standard InChI is InChI=1S/C12H14N2O2/c1-3-5-6-13-11-8-9(12(15)16)7-10(4-2)14-11/h7-8H,4,6H2,1-2H3,(H,13,14)(H,15,16). The summed E-state index contributed by atoms with van der Waals surface area (Å²) >= 11 is 0. The fraction of sp³-hybridized carbons (Fsp3) is 0.333. The van der Waals surface area contributed by atoms with Crippen LogP contribution in [0.2, 0.25) is 0 Å². The number of carboxylic acid groups (broad SMARTS) is 1. The van der Waals surface area contributed by atoms with Crippen molar-refractivity contribution in [1.82, 2.24) is 4.98 Å². The van der Waals surface area contributed by atoms with E-state index in [1.165, 1.54) is 6.07 Å². The maximum Gasteiger partial charge on any atom is 0.335 e. The first-order valence-electron chi connectivity index (χ1n) is 5.05. The van der Waals surface area contributed by atoms with Gasteiger partial charge in [-0.3, -0.25) is 0 Å². The van der Waals surface area contributed by atoms with E-state index in [4.69, 9.17) is 5.11 Å². The fourth-order valence-corrected chi connectivity index (χ4v) is 1.21. The van der Waals surface area contributed by atoms with Crippen molar-refractivity contribution in [2.24, 2.45) is 0 Å². The van der Waals surface area contributed by atoms with E-state index in [9.17, 15) is 4.79 Å². The van der Waals surface area contributed by atoms with E-state index in [1.807, 2.05) is 6.92 Å². The lowest BCUT2D eigenvalue weighted by molar-refractivity contribution is 0.0696. The van der Waals surface area contributed by atoms with Gasteiger partial charge in [-0.25, -0.2) is 9.78 Å². The molecule has 0 fully saturated rings. The molecule has 0 aliphatic heterocycles. The summed E-state index contributed by atoms with van der Waals surface area (Å²) in [5.74, 6) is 5.19. The summed E-state index contributed by atoms with van der Waals surface area (Å²) in [5, 5.41) is 11.9. The van der Waals surface area contributed by atoms with Gasteiger partial charge in [0.25, 0.3) is 0 Å². The maximum atomic E-state index is 10.9. The molecule has 0 saturated heterocycles. The number of carbonyl (C=O) groups is 1. The van der Waals surface area contributed by atoms with E-state index >= 15 is 0 Å². The Bertz CT molecular complexity index is 444. The Balaban J connectivity index is 2.93. The van der Waals surface area contributed by atoms with Crippen LogP contribution in [0.15, 0.2) is 12.1 Å². The highest BCUT2D eigenvalue weighted by Gasteiger charge is 2.06. The van der Waals surface area contributed by atoms with Crippen LogP contribution in [0, 0.1) is 11.8 Å². The second-order valence-electron chi connectivity index (χ2n) is 3.17. The fourth-order valence-electron chi connectivity index (χ4n) is 1.21. The summed E-state index contributed by atoms with van der Waals surface area (Å²) in [6.07, 6.45) is 0.704. The van der Waals surface area contributed by atoms with Crippen molar-refractivity contribution in [1.29, 1.82) is 0 Å². The van der Waals surface area contributed by atoms with Crippen molar-refractivity contribution in [3.8, 4) is 11.8 Å². The van der Waals surface area contributed by atoms with Crippen LogP contribution in [0.1, 0.15) is 29.9 Å². The Hall–Kier alpha value is -2.02. The first-order chi connectivity index (χ1) is 7.67. The molecule has 0 unspecified atom stereocenters. The van der Waals surface area contributed by atoms with Crippen LogP contribution < -0.4 is 5.32 Å². The highest BCUT2D eigenvalue weighted by Crippen LogP contribution is 2.11. The highest BCUT2D eigenvalue weighted by molar-refractivity contribution is 5.88. The molecule has 4 nitrogen and oxygen atoms in total. The predicted octanol–water partition coefficient (Wildman–Crippen LogP) is 1.78. The molecule has 0 spiro atoms. The average molecular weight is 218 g/mol. The van der Waals surface area contributed by atoms with Crippen molar-refractivity contribution in [2.45, 2.75) is 20.3 Å². The van der Waals surface area contributed by atoms with Crippen LogP contribution in [0.25, 0.3) is 0 Å². The van der Waals surface area contributed by atoms with Gasteiger partial charge < -0.3 is 10.4 Å². The average Bonchev–Trinajstić information content (AvgIpc) is 2.29. The van der Waals surface area contributed by atoms with Gasteiger partial charge in [-0.05, 0) is 25.5 Å². The minimum absolute atomic E-state index is 0.249. The third kappa shape index (κ3) is 3.28. The van der Waals surface area contributed by atoms with E-state index in [0.29, 0.717) is 18.8 Å². The lowest BCUT2D eigenvalue weighted by Crippen LogP contribution is -2.06. The molecule has 0 amide bonds. The number of nitrogens with zero attached hydrogens (tertiary/aromatic N) is 1. The number of anilines is 1. The Morgan fingerprint density at radius 2 is 2.31 bits per heavy atom. The minimum Gasteiger partial charge on any atom is -0.478 e. The van der Waals surface area contributed by atoms with E-state index in [2.05, 4.69) is 22.1 Å². The molecule has 1 aromatic rings. The third-order valence-electron chi connectivity index (χ3n) is 2.02. The van der Waals surface area contributed by atoms with Gasteiger partial charge in [0.1, 0.15) is 5.82 Å². The number of rotatable bonds is 4. The van der Waals surface area contributed by atoms with Gasteiger partial charge in [-0.15, -0.1) is 5.92 Å². The second-order valence-corrected chi connectivity index (χ2v) is 3.17. The predicted molar refractivity (Wildman–Crippen MR) is 62.5 cm³/mol. The molecule has 0 saturated carbocycles. The van der Waals surface area contributed by atoms with Gasteiger partial charge in [0, 0.05) is 5.69 Å². The quantitative estimate of drug-likeness (QED) is 0.756. The van der Waals surface area contributed by atoms with Crippen LogP contribution in [-0.2, 0) is 6.42 Å². The van der Waals surface area contributed by atoms with Crippen LogP contribution in [0.3, 0.4) is 0 Å². The van der Waals surface area contributed by atoms with Gasteiger partial charge in [0.15, 0.2) is 0 Å². The van der Waals surface area contributed by atoms with Crippen LogP contribution >= 0.6 is 0 Å². The lowest BCUT2D eigenvalue weighted by atomic mass is 10.2. The van der Waals surface area contributed by atoms with Gasteiger partial charge in [-0.2, -0.15) is 0 Å². The smallest absolute Gasteiger partial charge is 0.335 e. The molecular formula is C12H14N2O2. The zero-order valence-electron chi connectivity index (χ0n) is 9.37. The molecule has 0 bridgehead atoms. The Morgan fingerprint density at radius 1 is 1.56 bits per heavy atom. The molecule has 4 heteroatoms. The van der Waals surface area contributed by atoms with Crippen molar-refractivity contribution < 1.29 is 9.90 Å². The number of aromatic nitrogens is 1. The number of hydrogen-bond acceptors (Lipinski definition) is 3. The SMILES string of the molecule is CC#CCNc1cc(C(=O)O)cc(CC)n1. The second kappa shape index (κ2) is 5.76. The molecular weight excluding hydrogens is 204 g/mol. The van der Waals surface area contributed by atoms with Crippen molar-refractivity contribution >= 4 is 11.8 Å². The molecule has 84 valence electrons. The Labute approximate surface area is 94.7 Å². The van der Waals surface area contributed by atoms with Crippen LogP contribution in [-0.4, -0.2) is 22.6 Å². The molecule has 1 rings (SSSR count). The van der Waals surface area contributed by atoms with Crippen molar-refractivity contribution in [3.63, 3.8) is 0 Å². The number of nitrogens with one attached hydrogen (secondary N) is 1. The summed E-state index contributed by atoms with van der Waals surface area (Å²) in [6.45, 7) is 4.15. The van der Waals surface area contributed by atoms with E-state index < -0.39 is 5.97 Å². The topological polar surface area (TPSA) is 62.2 Å². The lowest BCUT2D eigenvalue weighted by Gasteiger charge is -2.05. The Morgan fingerprint density at radius 3 is 2.88 bits per heavy atom. The van der Waals surface area contributed by atoms with E-state index in [0.717, 1.165) is 5.69 Å². The number of aryl methyl sites for hydroxylation is 1. The maximum absolute atomic E-state index is 10.9. The van der Waals surface area contributed by atoms with Crippen LogP contribution in [0.5, 0.6) is 0 Å². The molecule has 0 atom stereocenters. The Kier molecular flexibility index (Phi) is 4.34. The number of hydrogen-bond donors (Lipinski definition) is 2. The monoisotopic (exact) mass is 218 g/mol. The normalized spacial score (nSPS) is 9.12. The van der Waals surface area contributed by atoms with E-state index in [-0.39, 0.29) is 5.56 Å². The van der Waals surface area contributed by atoms with Gasteiger partial charge in [0.2, 0.25) is 0 Å². The van der Waals surface area contributed by atoms with Crippen molar-refractivity contribution in [2.75, 3.05) is 11.9 Å². The molecule has 0 aromatic carbocycles. The summed E-state index contributed by atoms with van der Waals surface area (Å²) in [5.41, 5.74) is 1.01. The first-order valence-corrected chi connectivity index (χ1v) is 5.05. The van der Waals surface area contributed by atoms with Gasteiger partial charge in [0.05, 0.1) is 12.1 Å². The molecule has 0 aliphatic carbocycles. The number of aromatic carboxylic acids is 1. The number of pyridine rings is 1. The van der Waals surface area contributed by atoms with Crippen molar-refractivity contribution in [3.05, 3.63) is 23.4 Å². The molecule has 0 radical (unpaired) electrons. The number of carboxylic acids is 1. The molecule has 0 aliphatic rings. The highest BCUT2D eigenvalue weighted by atomic mass is 16.4.